The van der Waals surface area contributed by atoms with Gasteiger partial charge in [0, 0.05) is 27.6 Å². The lowest BCUT2D eigenvalue weighted by molar-refractivity contribution is 0.0858. The van der Waals surface area contributed by atoms with Crippen LogP contribution in [0.3, 0.4) is 0 Å². The Kier molecular flexibility index (Phi) is 4.84. The first-order chi connectivity index (χ1) is 9.91. The van der Waals surface area contributed by atoms with E-state index in [1.807, 2.05) is 44.7 Å². The van der Waals surface area contributed by atoms with Gasteiger partial charge in [0.1, 0.15) is 0 Å². The first-order valence-electron chi connectivity index (χ1n) is 7.16. The zero-order valence-corrected chi connectivity index (χ0v) is 13.8. The minimum Gasteiger partial charge on any atom is -0.294 e. The maximum Gasteiger partial charge on any atom is 0.169 e. The zero-order valence-electron chi connectivity index (χ0n) is 13.0. The summed E-state index contributed by atoms with van der Waals surface area (Å²) in [6.45, 7) is 7.92. The number of hydrogen-bond acceptors (Lipinski definition) is 3. The van der Waals surface area contributed by atoms with E-state index in [4.69, 9.17) is 0 Å². The van der Waals surface area contributed by atoms with Crippen LogP contribution in [-0.2, 0) is 0 Å². The molecule has 0 radical (unpaired) electrons. The van der Waals surface area contributed by atoms with Gasteiger partial charge in [-0.3, -0.25) is 9.78 Å². The van der Waals surface area contributed by atoms with Crippen molar-refractivity contribution in [3.8, 4) is 11.3 Å². The Morgan fingerprint density at radius 2 is 1.76 bits per heavy atom. The van der Waals surface area contributed by atoms with Crippen molar-refractivity contribution in [1.29, 1.82) is 0 Å². The molecule has 1 heterocycles. The van der Waals surface area contributed by atoms with E-state index in [-0.39, 0.29) is 11.2 Å². The molecule has 2 rings (SSSR count). The lowest BCUT2D eigenvalue weighted by Gasteiger charge is -2.16. The van der Waals surface area contributed by atoms with E-state index in [0.29, 0.717) is 5.56 Å². The average Bonchev–Trinajstić information content (AvgIpc) is 2.47. The van der Waals surface area contributed by atoms with Crippen LogP contribution in [-0.4, -0.2) is 16.5 Å². The molecule has 2 nitrogen and oxygen atoms in total. The van der Waals surface area contributed by atoms with Crippen molar-refractivity contribution in [2.75, 3.05) is 5.75 Å². The first kappa shape index (κ1) is 15.8. The highest BCUT2D eigenvalue weighted by atomic mass is 32.2. The summed E-state index contributed by atoms with van der Waals surface area (Å²) >= 11 is 1.82. The van der Waals surface area contributed by atoms with Gasteiger partial charge in [0.15, 0.2) is 5.78 Å². The molecule has 0 saturated carbocycles. The highest BCUT2D eigenvalue weighted by Crippen LogP contribution is 2.24. The lowest BCUT2D eigenvalue weighted by atomic mass is 9.87. The van der Waals surface area contributed by atoms with Gasteiger partial charge in [0.2, 0.25) is 0 Å². The van der Waals surface area contributed by atoms with Crippen molar-refractivity contribution < 1.29 is 4.79 Å². The van der Waals surface area contributed by atoms with Crippen molar-refractivity contribution in [2.24, 2.45) is 5.41 Å². The summed E-state index contributed by atoms with van der Waals surface area (Å²) in [5.74, 6) is 1.19. The van der Waals surface area contributed by atoms with E-state index in [1.54, 1.807) is 6.20 Å². The van der Waals surface area contributed by atoms with Crippen molar-refractivity contribution in [2.45, 2.75) is 32.6 Å². The third kappa shape index (κ3) is 3.94. The molecule has 0 bridgehead atoms. The van der Waals surface area contributed by atoms with Gasteiger partial charge in [-0.15, -0.1) is 11.8 Å². The Balaban J connectivity index is 2.21. The fourth-order valence-electron chi connectivity index (χ4n) is 2.02. The van der Waals surface area contributed by atoms with Gasteiger partial charge in [-0.05, 0) is 30.0 Å². The molecule has 0 aliphatic carbocycles. The normalized spacial score (nSPS) is 11.4. The molecule has 0 spiro atoms. The number of rotatable bonds is 4. The molecule has 0 N–H and O–H groups in total. The zero-order chi connectivity index (χ0) is 15.5. The second-order valence-corrected chi connectivity index (χ2v) is 7.31. The van der Waals surface area contributed by atoms with Gasteiger partial charge in [-0.1, -0.05) is 39.8 Å². The number of Topliss-reactive ketones (excluding diaryl/α,β-unsaturated/α-hetero) is 1. The standard InChI is InChI=1S/C18H21NOS/c1-5-21-15-9-6-13(7-10-15)16-11-8-14(12-19-16)17(20)18(2,3)4/h6-12H,5H2,1-4H3. The number of benzene rings is 1. The van der Waals surface area contributed by atoms with Gasteiger partial charge in [0.25, 0.3) is 0 Å². The van der Waals surface area contributed by atoms with Crippen LogP contribution < -0.4 is 0 Å². The summed E-state index contributed by atoms with van der Waals surface area (Å²) in [6, 6.07) is 12.2. The molecule has 0 aliphatic rings. The van der Waals surface area contributed by atoms with Crippen LogP contribution in [0.4, 0.5) is 0 Å². The molecular weight excluding hydrogens is 278 g/mol. The van der Waals surface area contributed by atoms with Crippen LogP contribution in [0.5, 0.6) is 0 Å². The number of pyridine rings is 1. The summed E-state index contributed by atoms with van der Waals surface area (Å²) in [5, 5.41) is 0. The van der Waals surface area contributed by atoms with Gasteiger partial charge in [0.05, 0.1) is 5.69 Å². The van der Waals surface area contributed by atoms with E-state index in [1.165, 1.54) is 4.90 Å². The Morgan fingerprint density at radius 3 is 2.24 bits per heavy atom. The van der Waals surface area contributed by atoms with E-state index in [0.717, 1.165) is 17.0 Å². The molecule has 0 amide bonds. The highest BCUT2D eigenvalue weighted by molar-refractivity contribution is 7.99. The minimum atomic E-state index is -0.373. The minimum absolute atomic E-state index is 0.122. The predicted octanol–water partition coefficient (Wildman–Crippen LogP) is 5.09. The number of carbonyl (C=O) groups is 1. The molecule has 110 valence electrons. The number of hydrogen-bond donors (Lipinski definition) is 0. The number of ketones is 1. The van der Waals surface area contributed by atoms with Crippen molar-refractivity contribution in [1.82, 2.24) is 4.98 Å². The third-order valence-corrected chi connectivity index (χ3v) is 4.06. The van der Waals surface area contributed by atoms with Crippen LogP contribution in [0, 0.1) is 5.41 Å². The fraction of sp³-hybridized carbons (Fsp3) is 0.333. The van der Waals surface area contributed by atoms with Crippen LogP contribution in [0.1, 0.15) is 38.1 Å². The van der Waals surface area contributed by atoms with Crippen molar-refractivity contribution >= 4 is 17.5 Å². The van der Waals surface area contributed by atoms with E-state index in [9.17, 15) is 4.79 Å². The monoisotopic (exact) mass is 299 g/mol. The van der Waals surface area contributed by atoms with Crippen LogP contribution >= 0.6 is 11.8 Å². The van der Waals surface area contributed by atoms with Gasteiger partial charge >= 0.3 is 0 Å². The summed E-state index contributed by atoms with van der Waals surface area (Å²) < 4.78 is 0. The van der Waals surface area contributed by atoms with Crippen molar-refractivity contribution in [3.63, 3.8) is 0 Å². The topological polar surface area (TPSA) is 30.0 Å². The van der Waals surface area contributed by atoms with Crippen molar-refractivity contribution in [3.05, 3.63) is 48.2 Å². The number of carbonyl (C=O) groups excluding carboxylic acids is 1. The molecule has 0 fully saturated rings. The largest absolute Gasteiger partial charge is 0.294 e. The summed E-state index contributed by atoms with van der Waals surface area (Å²) in [4.78, 5) is 17.9. The van der Waals surface area contributed by atoms with Gasteiger partial charge < -0.3 is 0 Å². The Morgan fingerprint density at radius 1 is 1.10 bits per heavy atom. The molecule has 1 aromatic carbocycles. The van der Waals surface area contributed by atoms with E-state index < -0.39 is 0 Å². The highest BCUT2D eigenvalue weighted by Gasteiger charge is 2.22. The fourth-order valence-corrected chi connectivity index (χ4v) is 2.68. The quantitative estimate of drug-likeness (QED) is 0.582. The maximum atomic E-state index is 12.2. The molecule has 21 heavy (non-hydrogen) atoms. The van der Waals surface area contributed by atoms with Gasteiger partial charge in [-0.25, -0.2) is 0 Å². The number of thioether (sulfide) groups is 1. The number of nitrogens with zero attached hydrogens (tertiary/aromatic N) is 1. The smallest absolute Gasteiger partial charge is 0.169 e. The SMILES string of the molecule is CCSc1ccc(-c2ccc(C(=O)C(C)(C)C)cn2)cc1. The molecule has 0 atom stereocenters. The maximum absolute atomic E-state index is 12.2. The predicted molar refractivity (Wildman–Crippen MR) is 89.9 cm³/mol. The second-order valence-electron chi connectivity index (χ2n) is 5.97. The Labute approximate surface area is 131 Å². The lowest BCUT2D eigenvalue weighted by Crippen LogP contribution is -2.20. The van der Waals surface area contributed by atoms with Crippen LogP contribution in [0.25, 0.3) is 11.3 Å². The van der Waals surface area contributed by atoms with Gasteiger partial charge in [-0.2, -0.15) is 0 Å². The summed E-state index contributed by atoms with van der Waals surface area (Å²) in [7, 11) is 0. The summed E-state index contributed by atoms with van der Waals surface area (Å²) in [5.41, 5.74) is 2.27. The molecule has 0 saturated heterocycles. The molecular formula is C18H21NOS. The number of aromatic nitrogens is 1. The van der Waals surface area contributed by atoms with E-state index in [2.05, 4.69) is 36.2 Å². The van der Waals surface area contributed by atoms with E-state index >= 15 is 0 Å². The average molecular weight is 299 g/mol. The van der Waals surface area contributed by atoms with Crippen LogP contribution in [0.2, 0.25) is 0 Å². The second kappa shape index (κ2) is 6.44. The molecule has 1 aromatic heterocycles. The first-order valence-corrected chi connectivity index (χ1v) is 8.14. The Hall–Kier alpha value is -1.61. The third-order valence-electron chi connectivity index (χ3n) is 3.17. The molecule has 0 aliphatic heterocycles. The Bertz CT molecular complexity index is 609. The molecule has 3 heteroatoms. The van der Waals surface area contributed by atoms with Crippen LogP contribution in [0.15, 0.2) is 47.5 Å². The molecule has 0 unspecified atom stereocenters. The summed E-state index contributed by atoms with van der Waals surface area (Å²) in [6.07, 6.45) is 1.68. The molecule has 2 aromatic rings.